The van der Waals surface area contributed by atoms with E-state index in [1.807, 2.05) is 25.1 Å². The molecule has 4 atom stereocenters. The molecule has 4 N–H and O–H groups in total. The first-order valence-corrected chi connectivity index (χ1v) is 8.56. The highest BCUT2D eigenvalue weighted by molar-refractivity contribution is 6.09. The summed E-state index contributed by atoms with van der Waals surface area (Å²) < 4.78 is 15.3. The Kier molecular flexibility index (Phi) is 3.73. The minimum atomic E-state index is -1.67. The Balaban J connectivity index is 2.09. The molecule has 0 unspecified atom stereocenters. The van der Waals surface area contributed by atoms with Crippen molar-refractivity contribution in [2.24, 2.45) is 0 Å². The molecule has 4 rings (SSSR count). The number of H-pyrrole nitrogens is 1. The van der Waals surface area contributed by atoms with Crippen molar-refractivity contribution in [3.05, 3.63) is 23.9 Å². The van der Waals surface area contributed by atoms with Gasteiger partial charge in [0, 0.05) is 36.7 Å². The van der Waals surface area contributed by atoms with Crippen molar-refractivity contribution in [1.29, 1.82) is 0 Å². The number of rotatable bonds is 3. The highest BCUT2D eigenvalue weighted by atomic mass is 16.6. The number of hydrogen-bond acceptors (Lipinski definition) is 7. The fraction of sp³-hybridized carbons (Fsp3) is 0.444. The van der Waals surface area contributed by atoms with Crippen LogP contribution in [0.15, 0.2) is 18.6 Å². The molecular weight excluding hydrogens is 350 g/mol. The Morgan fingerprint density at radius 3 is 2.85 bits per heavy atom. The van der Waals surface area contributed by atoms with Gasteiger partial charge in [-0.05, 0) is 13.0 Å². The summed E-state index contributed by atoms with van der Waals surface area (Å²) in [5.74, 6) is 0. The van der Waals surface area contributed by atoms with E-state index < -0.39 is 30.6 Å². The summed E-state index contributed by atoms with van der Waals surface area (Å²) in [6, 6.07) is 1.85. The van der Waals surface area contributed by atoms with Gasteiger partial charge in [-0.25, -0.2) is 9.97 Å². The highest BCUT2D eigenvalue weighted by Gasteiger charge is 2.53. The Bertz CT molecular complexity index is 1120. The van der Waals surface area contributed by atoms with Crippen LogP contribution in [0.2, 0.25) is 0 Å². The number of nitrogens with zero attached hydrogens (tertiary/aromatic N) is 4. The van der Waals surface area contributed by atoms with Crippen molar-refractivity contribution in [2.75, 3.05) is 25.6 Å². The molecule has 9 heteroatoms. The molecule has 1 fully saturated rings. The zero-order chi connectivity index (χ0) is 20.4. The van der Waals surface area contributed by atoms with Crippen LogP contribution in [0.25, 0.3) is 28.6 Å². The normalized spacial score (nSPS) is 28.8. The molecule has 3 aromatic heterocycles. The fourth-order valence-corrected chi connectivity index (χ4v) is 3.69. The molecule has 1 aliphatic heterocycles. The van der Waals surface area contributed by atoms with Crippen LogP contribution in [0, 0.1) is 0 Å². The van der Waals surface area contributed by atoms with Gasteiger partial charge in [0.15, 0.2) is 6.23 Å². The molecule has 1 saturated heterocycles. The largest absolute Gasteiger partial charge is 0.394 e. The number of aliphatic hydroxyl groups excluding tert-OH is 2. The van der Waals surface area contributed by atoms with Gasteiger partial charge in [0.1, 0.15) is 36.8 Å². The van der Waals surface area contributed by atoms with E-state index >= 15 is 0 Å². The number of aromatic nitrogens is 4. The Morgan fingerprint density at radius 1 is 1.48 bits per heavy atom. The minimum Gasteiger partial charge on any atom is -0.394 e. The molecule has 0 aliphatic carbocycles. The zero-order valence-corrected chi connectivity index (χ0v) is 15.3. The number of anilines is 1. The third-order valence-electron chi connectivity index (χ3n) is 5.10. The van der Waals surface area contributed by atoms with E-state index in [-0.39, 0.29) is 6.30 Å². The van der Waals surface area contributed by atoms with Crippen molar-refractivity contribution in [3.63, 3.8) is 0 Å². The number of hydrogen-bond donors (Lipinski definition) is 4. The quantitative estimate of drug-likeness (QED) is 0.495. The van der Waals surface area contributed by atoms with Gasteiger partial charge in [0.2, 0.25) is 0 Å². The highest BCUT2D eigenvalue weighted by Crippen LogP contribution is 2.41. The lowest BCUT2D eigenvalue weighted by Crippen LogP contribution is -2.44. The maximum absolute atomic E-state index is 10.9. The first-order valence-electron chi connectivity index (χ1n) is 9.06. The Morgan fingerprint density at radius 2 is 2.22 bits per heavy atom. The molecular formula is C18H23N5O4. The molecule has 0 saturated carbocycles. The molecule has 0 bridgehead atoms. The summed E-state index contributed by atoms with van der Waals surface area (Å²) in [6.07, 6.45) is -1.69. The standard InChI is InChI=1S/C18H23N5O4/c1-9-5-11(22(3)4)10-6-23(16-13(10)15(21-9)19-8-20-16)17-18(2,26)14(25)12(7-24)27-17/h5-6,8,12,14,17,24-26H,1,7H2,2-4H3,(H,19,20,21)/t12-,14-,17-,18-/m1/s1/i8T. The van der Waals surface area contributed by atoms with E-state index in [2.05, 4.69) is 21.5 Å². The summed E-state index contributed by atoms with van der Waals surface area (Å²) in [5.41, 5.74) is -0.0412. The average Bonchev–Trinajstić information content (AvgIpc) is 3.02. The third-order valence-corrected chi connectivity index (χ3v) is 5.10. The predicted octanol–water partition coefficient (Wildman–Crippen LogP) is -0.328. The second-order valence-corrected chi connectivity index (χ2v) is 7.28. The first-order chi connectivity index (χ1) is 13.1. The second-order valence-electron chi connectivity index (χ2n) is 7.28. The smallest absolute Gasteiger partial charge is 0.167 e. The van der Waals surface area contributed by atoms with Crippen molar-refractivity contribution < 1.29 is 21.4 Å². The van der Waals surface area contributed by atoms with Gasteiger partial charge in [-0.15, -0.1) is 0 Å². The van der Waals surface area contributed by atoms with E-state index in [1.54, 1.807) is 10.8 Å². The Labute approximate surface area is 156 Å². The summed E-state index contributed by atoms with van der Waals surface area (Å²) in [7, 11) is 3.78. The lowest BCUT2D eigenvalue weighted by atomic mass is 9.96. The first kappa shape index (κ1) is 16.7. The van der Waals surface area contributed by atoms with E-state index in [9.17, 15) is 15.3 Å². The SMILES string of the molecule is [3H]c1nc2[nH]c(=C)cc(N(C)C)c3cn([C@@H]4O[C@H](CO)[C@@H](O)[C@@]4(C)O)c(n1)c23. The summed E-state index contributed by atoms with van der Waals surface area (Å²) >= 11 is 0. The molecule has 0 aromatic carbocycles. The molecule has 27 heavy (non-hydrogen) atoms. The molecule has 3 aromatic rings. The zero-order valence-electron chi connectivity index (χ0n) is 16.3. The summed E-state index contributed by atoms with van der Waals surface area (Å²) in [6.45, 7) is 4.98. The second kappa shape index (κ2) is 6.03. The third kappa shape index (κ3) is 2.54. The summed E-state index contributed by atoms with van der Waals surface area (Å²) in [4.78, 5) is 13.4. The van der Waals surface area contributed by atoms with E-state index in [0.29, 0.717) is 22.0 Å². The maximum Gasteiger partial charge on any atom is 0.167 e. The molecule has 1 aliphatic rings. The summed E-state index contributed by atoms with van der Waals surface area (Å²) in [5, 5.41) is 32.8. The van der Waals surface area contributed by atoms with Crippen molar-refractivity contribution in [1.82, 2.24) is 19.5 Å². The molecule has 0 amide bonds. The van der Waals surface area contributed by atoms with Gasteiger partial charge in [-0.2, -0.15) is 0 Å². The van der Waals surface area contributed by atoms with Crippen molar-refractivity contribution >= 4 is 34.3 Å². The monoisotopic (exact) mass is 375 g/mol. The van der Waals surface area contributed by atoms with Crippen LogP contribution in [0.1, 0.15) is 14.5 Å². The van der Waals surface area contributed by atoms with E-state index in [4.69, 9.17) is 6.11 Å². The van der Waals surface area contributed by atoms with Crippen LogP contribution in [-0.4, -0.2) is 73.3 Å². The minimum absolute atomic E-state index is 0.209. The van der Waals surface area contributed by atoms with Crippen LogP contribution in [0.4, 0.5) is 5.69 Å². The molecule has 144 valence electrons. The topological polar surface area (TPSA) is 120 Å². The predicted molar refractivity (Wildman–Crippen MR) is 101 cm³/mol. The van der Waals surface area contributed by atoms with Crippen molar-refractivity contribution in [3.8, 4) is 0 Å². The average molecular weight is 375 g/mol. The van der Waals surface area contributed by atoms with Crippen LogP contribution < -0.4 is 10.2 Å². The van der Waals surface area contributed by atoms with Gasteiger partial charge in [0.25, 0.3) is 0 Å². The van der Waals surface area contributed by atoms with Crippen LogP contribution in [0.3, 0.4) is 0 Å². The lowest BCUT2D eigenvalue weighted by Gasteiger charge is -2.27. The lowest BCUT2D eigenvalue weighted by molar-refractivity contribution is -0.0947. The fourth-order valence-electron chi connectivity index (χ4n) is 3.69. The van der Waals surface area contributed by atoms with Gasteiger partial charge in [0.05, 0.1) is 12.0 Å². The Hall–Kier alpha value is -2.46. The number of nitrogens with one attached hydrogen (secondary N) is 1. The van der Waals surface area contributed by atoms with Gasteiger partial charge < -0.3 is 34.5 Å². The van der Waals surface area contributed by atoms with E-state index in [1.165, 1.54) is 6.92 Å². The van der Waals surface area contributed by atoms with Crippen LogP contribution in [0.5, 0.6) is 0 Å². The number of ether oxygens (including phenoxy) is 1. The van der Waals surface area contributed by atoms with Crippen LogP contribution >= 0.6 is 0 Å². The van der Waals surface area contributed by atoms with Gasteiger partial charge in [-0.3, -0.25) is 0 Å². The van der Waals surface area contributed by atoms with Gasteiger partial charge in [-0.1, -0.05) is 6.58 Å². The van der Waals surface area contributed by atoms with Crippen LogP contribution in [-0.2, 0) is 4.74 Å². The molecule has 9 nitrogen and oxygen atoms in total. The molecule has 4 heterocycles. The van der Waals surface area contributed by atoms with Crippen molar-refractivity contribution in [2.45, 2.75) is 31.0 Å². The molecule has 0 radical (unpaired) electrons. The van der Waals surface area contributed by atoms with E-state index in [0.717, 1.165) is 11.1 Å². The maximum atomic E-state index is 10.9. The number of aliphatic hydroxyl groups is 3. The van der Waals surface area contributed by atoms with Gasteiger partial charge >= 0.3 is 0 Å². The number of aromatic amines is 1. The molecule has 0 spiro atoms.